The highest BCUT2D eigenvalue weighted by Gasteiger charge is 2.54. The van der Waals surface area contributed by atoms with Crippen molar-refractivity contribution in [3.8, 4) is 17.2 Å². The third-order valence-corrected chi connectivity index (χ3v) is 12.2. The second-order valence-corrected chi connectivity index (χ2v) is 16.3. The van der Waals surface area contributed by atoms with Gasteiger partial charge in [-0.05, 0) is 97.4 Å². The average Bonchev–Trinajstić information content (AvgIpc) is 3.13. The smallest absolute Gasteiger partial charge is 0.257 e. The van der Waals surface area contributed by atoms with Crippen LogP contribution in [-0.2, 0) is 17.7 Å². The first-order chi connectivity index (χ1) is 26.2. The lowest BCUT2D eigenvalue weighted by atomic mass is 9.61. The summed E-state index contributed by atoms with van der Waals surface area (Å²) in [6, 6.07) is 6.62. The van der Waals surface area contributed by atoms with Crippen LogP contribution >= 0.6 is 0 Å². The van der Waals surface area contributed by atoms with Gasteiger partial charge in [0.05, 0.1) is 24.5 Å². The highest BCUT2D eigenvalue weighted by Crippen LogP contribution is 2.52. The van der Waals surface area contributed by atoms with Crippen LogP contribution in [0.5, 0.6) is 17.2 Å². The van der Waals surface area contributed by atoms with Crippen molar-refractivity contribution < 1.29 is 23.4 Å². The van der Waals surface area contributed by atoms with Crippen molar-refractivity contribution in [2.24, 2.45) is 5.41 Å². The van der Waals surface area contributed by atoms with Gasteiger partial charge in [0.1, 0.15) is 29.7 Å². The topological polar surface area (TPSA) is 99.6 Å². The molecule has 1 amide bonds. The number of hydrogen-bond acceptors (Lipinski definition) is 11. The van der Waals surface area contributed by atoms with Crippen LogP contribution in [0.3, 0.4) is 0 Å². The number of halogens is 1. The molecule has 1 aromatic carbocycles. The van der Waals surface area contributed by atoms with Crippen molar-refractivity contribution in [2.45, 2.75) is 83.7 Å². The first kappa shape index (κ1) is 37.0. The van der Waals surface area contributed by atoms with Crippen LogP contribution < -0.4 is 14.4 Å². The maximum absolute atomic E-state index is 14.4. The molecule has 13 heteroatoms. The van der Waals surface area contributed by atoms with Crippen molar-refractivity contribution in [1.82, 2.24) is 34.6 Å². The number of fused-ring (bicyclic) bond motifs is 2. The fraction of sp³-hybridized carbons (Fsp3) is 0.610. The molecule has 1 spiro atoms. The highest BCUT2D eigenvalue weighted by molar-refractivity contribution is 5.97. The summed E-state index contributed by atoms with van der Waals surface area (Å²) in [5.74, 6) is 1.61. The van der Waals surface area contributed by atoms with Crippen LogP contribution in [-0.4, -0.2) is 137 Å². The van der Waals surface area contributed by atoms with Gasteiger partial charge in [-0.1, -0.05) is 0 Å². The lowest BCUT2D eigenvalue weighted by molar-refractivity contribution is -0.101. The predicted octanol–water partition coefficient (Wildman–Crippen LogP) is 4.87. The molecule has 4 aliphatic heterocycles. The van der Waals surface area contributed by atoms with Crippen molar-refractivity contribution in [1.29, 1.82) is 0 Å². The molecule has 54 heavy (non-hydrogen) atoms. The second-order valence-electron chi connectivity index (χ2n) is 16.3. The molecule has 0 N–H and O–H groups in total. The largest absolute Gasteiger partial charge is 0.490 e. The standard InChI is InChI=1S/C41H55FN8O4/c1-5-50(28(2)3)40(51)31-19-29(42)7-8-35(31)54-37-22-43-27-45-39(37)49-25-41(26-49)20-30(21-41)53-36-9-12-44-33-10-16-47(23-32(33)36)13-6-14-48-17-18-52-38-24-46(4)15-11-34(38)48/h7-9,12,19,22,27-28,30,34,38H,5-6,10-11,13-18,20-21,23-26H2,1-4H3/t34-,38-/m0/s1. The zero-order valence-corrected chi connectivity index (χ0v) is 32.3. The van der Waals surface area contributed by atoms with Crippen LogP contribution in [0.4, 0.5) is 10.2 Å². The Morgan fingerprint density at radius 3 is 2.76 bits per heavy atom. The predicted molar refractivity (Wildman–Crippen MR) is 204 cm³/mol. The van der Waals surface area contributed by atoms with E-state index in [1.54, 1.807) is 11.1 Å². The number of aromatic nitrogens is 3. The molecule has 6 heterocycles. The van der Waals surface area contributed by atoms with Crippen molar-refractivity contribution in [3.05, 3.63) is 65.6 Å². The van der Waals surface area contributed by atoms with E-state index in [9.17, 15) is 9.18 Å². The Kier molecular flexibility index (Phi) is 10.8. The molecule has 5 aliphatic rings. The molecule has 0 bridgehead atoms. The Balaban J connectivity index is 0.848. The Morgan fingerprint density at radius 2 is 1.94 bits per heavy atom. The van der Waals surface area contributed by atoms with Crippen LogP contribution in [0.15, 0.2) is 43.0 Å². The van der Waals surface area contributed by atoms with E-state index in [1.165, 1.54) is 42.2 Å². The van der Waals surface area contributed by atoms with Gasteiger partial charge in [0.2, 0.25) is 0 Å². The van der Waals surface area contributed by atoms with Gasteiger partial charge in [0.25, 0.3) is 5.91 Å². The number of likely N-dealkylation sites (N-methyl/N-ethyl adjacent to an activating group) is 1. The number of pyridine rings is 1. The molecule has 2 atom stereocenters. The summed E-state index contributed by atoms with van der Waals surface area (Å²) in [7, 11) is 2.20. The summed E-state index contributed by atoms with van der Waals surface area (Å²) >= 11 is 0. The third kappa shape index (κ3) is 7.65. The van der Waals surface area contributed by atoms with Crippen LogP contribution in [0.1, 0.15) is 68.1 Å². The zero-order valence-electron chi connectivity index (χ0n) is 32.3. The van der Waals surface area contributed by atoms with E-state index in [2.05, 4.69) is 36.6 Å². The van der Waals surface area contributed by atoms with Crippen LogP contribution in [0, 0.1) is 11.2 Å². The first-order valence-corrected chi connectivity index (χ1v) is 19.9. The molecular weight excluding hydrogens is 688 g/mol. The zero-order chi connectivity index (χ0) is 37.4. The molecule has 1 aliphatic carbocycles. The molecule has 12 nitrogen and oxygen atoms in total. The van der Waals surface area contributed by atoms with E-state index in [-0.39, 0.29) is 34.8 Å². The summed E-state index contributed by atoms with van der Waals surface area (Å²) in [6.07, 6.45) is 10.8. The number of likely N-dealkylation sites (tertiary alicyclic amines) is 1. The van der Waals surface area contributed by atoms with Crippen molar-refractivity contribution >= 4 is 11.7 Å². The molecule has 1 saturated carbocycles. The molecule has 0 unspecified atom stereocenters. The maximum Gasteiger partial charge on any atom is 0.257 e. The summed E-state index contributed by atoms with van der Waals surface area (Å²) in [5.41, 5.74) is 2.76. The number of nitrogens with zero attached hydrogens (tertiary/aromatic N) is 8. The number of morpholine rings is 1. The fourth-order valence-electron chi connectivity index (χ4n) is 9.41. The monoisotopic (exact) mass is 742 g/mol. The van der Waals surface area contributed by atoms with E-state index >= 15 is 0 Å². The molecule has 4 fully saturated rings. The number of hydrogen-bond donors (Lipinski definition) is 0. The number of anilines is 1. The lowest BCUT2D eigenvalue weighted by Gasteiger charge is -2.59. The van der Waals surface area contributed by atoms with Gasteiger partial charge in [0.15, 0.2) is 11.6 Å². The molecular formula is C41H55FN8O4. The van der Waals surface area contributed by atoms with Crippen molar-refractivity contribution in [3.63, 3.8) is 0 Å². The quantitative estimate of drug-likeness (QED) is 0.254. The molecule has 2 aromatic heterocycles. The number of ether oxygens (including phenoxy) is 3. The average molecular weight is 743 g/mol. The Bertz CT molecular complexity index is 1800. The van der Waals surface area contributed by atoms with E-state index < -0.39 is 5.82 Å². The fourth-order valence-corrected chi connectivity index (χ4v) is 9.41. The number of benzene rings is 1. The van der Waals surface area contributed by atoms with Gasteiger partial charge in [-0.2, -0.15) is 0 Å². The van der Waals surface area contributed by atoms with E-state index in [1.807, 2.05) is 33.0 Å². The van der Waals surface area contributed by atoms with Gasteiger partial charge in [-0.15, -0.1) is 0 Å². The summed E-state index contributed by atoms with van der Waals surface area (Å²) in [4.78, 5) is 38.5. The number of carbonyl (C=O) groups excluding carboxylic acids is 1. The number of rotatable bonds is 12. The third-order valence-electron chi connectivity index (χ3n) is 12.2. The SMILES string of the molecule is CCN(C(=O)c1cc(F)ccc1Oc1cncnc1N1CC2(CC(Oc3ccnc4c3CN(CCCN3CCO[C@H]5CN(C)CC[C@@H]53)CC4)C2)C1)C(C)C. The Morgan fingerprint density at radius 1 is 1.09 bits per heavy atom. The summed E-state index contributed by atoms with van der Waals surface area (Å²) in [6.45, 7) is 16.2. The molecule has 3 aromatic rings. The minimum Gasteiger partial charge on any atom is -0.490 e. The molecule has 290 valence electrons. The van der Waals surface area contributed by atoms with Crippen LogP contribution in [0.25, 0.3) is 0 Å². The second kappa shape index (κ2) is 15.7. The van der Waals surface area contributed by atoms with Gasteiger partial charge in [-0.3, -0.25) is 19.6 Å². The number of amides is 1. The lowest BCUT2D eigenvalue weighted by Crippen LogP contribution is -2.65. The number of carbonyl (C=O) groups is 1. The van der Waals surface area contributed by atoms with E-state index in [0.717, 1.165) is 96.9 Å². The van der Waals surface area contributed by atoms with Crippen molar-refractivity contribution in [2.75, 3.05) is 77.5 Å². The summed E-state index contributed by atoms with van der Waals surface area (Å²) < 4.78 is 33.5. The first-order valence-electron chi connectivity index (χ1n) is 19.9. The normalized spacial score (nSPS) is 23.0. The van der Waals surface area contributed by atoms with Gasteiger partial charge < -0.3 is 28.9 Å². The molecule has 0 radical (unpaired) electrons. The maximum atomic E-state index is 14.4. The van der Waals surface area contributed by atoms with Gasteiger partial charge in [0, 0.05) is 87.2 Å². The van der Waals surface area contributed by atoms with Crippen LogP contribution in [0.2, 0.25) is 0 Å². The van der Waals surface area contributed by atoms with E-state index in [0.29, 0.717) is 30.3 Å². The molecule has 8 rings (SSSR count). The highest BCUT2D eigenvalue weighted by atomic mass is 19.1. The van der Waals surface area contributed by atoms with Gasteiger partial charge in [-0.25, -0.2) is 14.4 Å². The summed E-state index contributed by atoms with van der Waals surface area (Å²) in [5, 5.41) is 0. The Labute approximate surface area is 318 Å². The Hall–Kier alpha value is -3.91. The van der Waals surface area contributed by atoms with Gasteiger partial charge >= 0.3 is 0 Å². The minimum absolute atomic E-state index is 0.0380. The molecule has 3 saturated heterocycles. The number of piperidine rings is 1. The minimum atomic E-state index is -0.490. The van der Waals surface area contributed by atoms with E-state index in [4.69, 9.17) is 19.2 Å².